The minimum atomic E-state index is 0.331. The molecule has 2 heterocycles. The second kappa shape index (κ2) is 6.17. The van der Waals surface area contributed by atoms with E-state index in [0.717, 1.165) is 6.54 Å². The van der Waals surface area contributed by atoms with Crippen LogP contribution in [0, 0.1) is 0 Å². The largest absolute Gasteiger partial charge is 0.374 e. The van der Waals surface area contributed by atoms with Crippen LogP contribution in [0.15, 0.2) is 0 Å². The second-order valence-electron chi connectivity index (χ2n) is 7.80. The van der Waals surface area contributed by atoms with Crippen molar-refractivity contribution in [3.8, 4) is 0 Å². The summed E-state index contributed by atoms with van der Waals surface area (Å²) in [5.74, 6) is 0. The number of rotatable bonds is 4. The van der Waals surface area contributed by atoms with Gasteiger partial charge in [-0.25, -0.2) is 0 Å². The van der Waals surface area contributed by atoms with Gasteiger partial charge < -0.3 is 10.1 Å². The summed E-state index contributed by atoms with van der Waals surface area (Å²) in [6.45, 7) is 10.5. The molecule has 3 fully saturated rings. The van der Waals surface area contributed by atoms with E-state index in [-0.39, 0.29) is 0 Å². The lowest BCUT2D eigenvalue weighted by molar-refractivity contribution is -0.0405. The standard InChI is InChI=1S/C18H34N2O/c1-4-17(5-2)14-20(12-16-9-8-15(3)21-16)18(13-19-17)10-6-7-11-18/h15-16,19H,4-14H2,1-3H3. The summed E-state index contributed by atoms with van der Waals surface area (Å²) in [6.07, 6.45) is 11.5. The molecule has 1 saturated carbocycles. The van der Waals surface area contributed by atoms with E-state index < -0.39 is 0 Å². The van der Waals surface area contributed by atoms with Crippen molar-refractivity contribution in [2.24, 2.45) is 0 Å². The maximum atomic E-state index is 6.14. The maximum Gasteiger partial charge on any atom is 0.0706 e. The summed E-state index contributed by atoms with van der Waals surface area (Å²) in [6, 6.07) is 0. The molecule has 1 aliphatic carbocycles. The van der Waals surface area contributed by atoms with Gasteiger partial charge in [-0.15, -0.1) is 0 Å². The molecule has 0 radical (unpaired) electrons. The molecule has 3 rings (SSSR count). The molecule has 122 valence electrons. The Balaban J connectivity index is 1.73. The van der Waals surface area contributed by atoms with E-state index in [1.807, 2.05) is 0 Å². The first-order chi connectivity index (χ1) is 10.1. The molecule has 0 aromatic rings. The van der Waals surface area contributed by atoms with Crippen LogP contribution >= 0.6 is 0 Å². The van der Waals surface area contributed by atoms with E-state index in [2.05, 4.69) is 31.0 Å². The Hall–Kier alpha value is -0.120. The van der Waals surface area contributed by atoms with Crippen LogP contribution in [0.1, 0.15) is 72.1 Å². The van der Waals surface area contributed by atoms with E-state index >= 15 is 0 Å². The summed E-state index contributed by atoms with van der Waals surface area (Å²) < 4.78 is 6.14. The Morgan fingerprint density at radius 1 is 1.14 bits per heavy atom. The fourth-order valence-corrected chi connectivity index (χ4v) is 4.83. The van der Waals surface area contributed by atoms with Gasteiger partial charge in [0.05, 0.1) is 12.2 Å². The third-order valence-corrected chi connectivity index (χ3v) is 6.59. The van der Waals surface area contributed by atoms with Gasteiger partial charge in [-0.05, 0) is 45.4 Å². The third-order valence-electron chi connectivity index (χ3n) is 6.59. The van der Waals surface area contributed by atoms with Crippen molar-refractivity contribution in [1.82, 2.24) is 10.2 Å². The minimum absolute atomic E-state index is 0.331. The van der Waals surface area contributed by atoms with E-state index in [0.29, 0.717) is 23.3 Å². The van der Waals surface area contributed by atoms with Crippen molar-refractivity contribution in [2.75, 3.05) is 19.6 Å². The van der Waals surface area contributed by atoms with Gasteiger partial charge in [0.1, 0.15) is 0 Å². The van der Waals surface area contributed by atoms with Crippen LogP contribution in [0.5, 0.6) is 0 Å². The molecule has 2 unspecified atom stereocenters. The highest BCUT2D eigenvalue weighted by Gasteiger charge is 2.48. The van der Waals surface area contributed by atoms with E-state index in [1.54, 1.807) is 0 Å². The van der Waals surface area contributed by atoms with Gasteiger partial charge in [-0.3, -0.25) is 4.90 Å². The SMILES string of the molecule is CCC1(CC)CN(CC2CCC(C)O2)C2(CCCC2)CN1. The van der Waals surface area contributed by atoms with Crippen molar-refractivity contribution in [2.45, 2.75) is 95.4 Å². The zero-order valence-corrected chi connectivity index (χ0v) is 14.3. The molecule has 0 amide bonds. The fraction of sp³-hybridized carbons (Fsp3) is 1.00. The number of piperazine rings is 1. The van der Waals surface area contributed by atoms with Gasteiger partial charge in [-0.1, -0.05) is 26.7 Å². The predicted molar refractivity (Wildman–Crippen MR) is 87.7 cm³/mol. The normalized spacial score (nSPS) is 35.6. The molecule has 1 N–H and O–H groups in total. The monoisotopic (exact) mass is 294 g/mol. The molecular weight excluding hydrogens is 260 g/mol. The van der Waals surface area contributed by atoms with Crippen molar-refractivity contribution in [1.29, 1.82) is 0 Å². The molecule has 3 nitrogen and oxygen atoms in total. The van der Waals surface area contributed by atoms with Crippen molar-refractivity contribution in [3.05, 3.63) is 0 Å². The van der Waals surface area contributed by atoms with Crippen molar-refractivity contribution < 1.29 is 4.74 Å². The Labute approximate surface area is 130 Å². The third kappa shape index (κ3) is 3.02. The molecule has 0 aromatic heterocycles. The zero-order valence-electron chi connectivity index (χ0n) is 14.3. The average Bonchev–Trinajstić information content (AvgIpc) is 3.12. The highest BCUT2D eigenvalue weighted by Crippen LogP contribution is 2.40. The van der Waals surface area contributed by atoms with Crippen LogP contribution in [-0.2, 0) is 4.74 Å². The van der Waals surface area contributed by atoms with Gasteiger partial charge in [-0.2, -0.15) is 0 Å². The molecular formula is C18H34N2O. The van der Waals surface area contributed by atoms with E-state index in [9.17, 15) is 0 Å². The second-order valence-corrected chi connectivity index (χ2v) is 7.80. The zero-order chi connectivity index (χ0) is 14.9. The van der Waals surface area contributed by atoms with Crippen LogP contribution in [0.3, 0.4) is 0 Å². The molecule has 2 saturated heterocycles. The minimum Gasteiger partial charge on any atom is -0.374 e. The van der Waals surface area contributed by atoms with Gasteiger partial charge in [0.25, 0.3) is 0 Å². The van der Waals surface area contributed by atoms with Crippen molar-refractivity contribution >= 4 is 0 Å². The van der Waals surface area contributed by atoms with Crippen LogP contribution in [0.2, 0.25) is 0 Å². The predicted octanol–water partition coefficient (Wildman–Crippen LogP) is 3.33. The summed E-state index contributed by atoms with van der Waals surface area (Å²) in [4.78, 5) is 2.84. The first kappa shape index (κ1) is 15.8. The highest BCUT2D eigenvalue weighted by molar-refractivity contribution is 5.07. The number of nitrogens with zero attached hydrogens (tertiary/aromatic N) is 1. The molecule has 3 heteroatoms. The average molecular weight is 294 g/mol. The smallest absolute Gasteiger partial charge is 0.0706 e. The Morgan fingerprint density at radius 2 is 1.86 bits per heavy atom. The first-order valence-electron chi connectivity index (χ1n) is 9.27. The number of hydrogen-bond donors (Lipinski definition) is 1. The molecule has 21 heavy (non-hydrogen) atoms. The van der Waals surface area contributed by atoms with Gasteiger partial charge >= 0.3 is 0 Å². The van der Waals surface area contributed by atoms with Crippen LogP contribution < -0.4 is 5.32 Å². The molecule has 2 aliphatic heterocycles. The number of ether oxygens (including phenoxy) is 1. The molecule has 0 aromatic carbocycles. The first-order valence-corrected chi connectivity index (χ1v) is 9.27. The van der Waals surface area contributed by atoms with Gasteiger partial charge in [0.2, 0.25) is 0 Å². The Kier molecular flexibility index (Phi) is 4.63. The molecule has 1 spiro atoms. The van der Waals surface area contributed by atoms with E-state index in [1.165, 1.54) is 64.5 Å². The summed E-state index contributed by atoms with van der Waals surface area (Å²) in [7, 11) is 0. The molecule has 2 atom stereocenters. The van der Waals surface area contributed by atoms with E-state index in [4.69, 9.17) is 4.74 Å². The van der Waals surface area contributed by atoms with Gasteiger partial charge in [0.15, 0.2) is 0 Å². The highest BCUT2D eigenvalue weighted by atomic mass is 16.5. The lowest BCUT2D eigenvalue weighted by Crippen LogP contribution is -2.69. The lowest BCUT2D eigenvalue weighted by Gasteiger charge is -2.54. The topological polar surface area (TPSA) is 24.5 Å². The summed E-state index contributed by atoms with van der Waals surface area (Å²) >= 11 is 0. The quantitative estimate of drug-likeness (QED) is 0.861. The maximum absolute atomic E-state index is 6.14. The Morgan fingerprint density at radius 3 is 2.43 bits per heavy atom. The molecule has 3 aliphatic rings. The summed E-state index contributed by atoms with van der Waals surface area (Å²) in [5.41, 5.74) is 0.765. The van der Waals surface area contributed by atoms with Crippen LogP contribution in [-0.4, -0.2) is 47.8 Å². The lowest BCUT2D eigenvalue weighted by atomic mass is 9.82. The fourth-order valence-electron chi connectivity index (χ4n) is 4.83. The van der Waals surface area contributed by atoms with Crippen LogP contribution in [0.4, 0.5) is 0 Å². The molecule has 0 bridgehead atoms. The number of hydrogen-bond acceptors (Lipinski definition) is 3. The summed E-state index contributed by atoms with van der Waals surface area (Å²) in [5, 5.41) is 3.95. The number of nitrogens with one attached hydrogen (secondary N) is 1. The Bertz CT molecular complexity index is 347. The van der Waals surface area contributed by atoms with Gasteiger partial charge in [0, 0.05) is 30.7 Å². The van der Waals surface area contributed by atoms with Crippen LogP contribution in [0.25, 0.3) is 0 Å². The van der Waals surface area contributed by atoms with Crippen molar-refractivity contribution in [3.63, 3.8) is 0 Å².